The van der Waals surface area contributed by atoms with E-state index < -0.39 is 0 Å². The Kier molecular flexibility index (Phi) is 5.03. The number of hydrogen-bond acceptors (Lipinski definition) is 5. The number of carbonyl (C=O) groups is 1. The van der Waals surface area contributed by atoms with Gasteiger partial charge in [-0.25, -0.2) is 4.98 Å². The van der Waals surface area contributed by atoms with E-state index in [9.17, 15) is 4.79 Å². The van der Waals surface area contributed by atoms with Crippen molar-refractivity contribution in [2.75, 3.05) is 13.1 Å². The number of carbonyl (C=O) groups excluding carboxylic acids is 1. The summed E-state index contributed by atoms with van der Waals surface area (Å²) in [6.45, 7) is 2.99. The molecular formula is C16H16ClN3O2S. The minimum absolute atomic E-state index is 0.0387. The maximum Gasteiger partial charge on any atom is 0.256 e. The van der Waals surface area contributed by atoms with Gasteiger partial charge in [-0.2, -0.15) is 0 Å². The highest BCUT2D eigenvalue weighted by molar-refractivity contribution is 7.98. The zero-order valence-corrected chi connectivity index (χ0v) is 14.2. The first-order valence-corrected chi connectivity index (χ1v) is 8.63. The van der Waals surface area contributed by atoms with Crippen LogP contribution in [-0.4, -0.2) is 34.0 Å². The smallest absolute Gasteiger partial charge is 0.256 e. The van der Waals surface area contributed by atoms with E-state index in [4.69, 9.17) is 16.1 Å². The quantitative estimate of drug-likeness (QED) is 0.789. The number of amides is 1. The molecule has 0 radical (unpaired) electrons. The van der Waals surface area contributed by atoms with Crippen molar-refractivity contribution in [2.45, 2.75) is 24.1 Å². The Morgan fingerprint density at radius 3 is 3.13 bits per heavy atom. The highest BCUT2D eigenvalue weighted by Gasteiger charge is 2.22. The summed E-state index contributed by atoms with van der Waals surface area (Å²) in [5, 5.41) is 5.37. The molecule has 0 unspecified atom stereocenters. The third-order valence-electron chi connectivity index (χ3n) is 3.43. The summed E-state index contributed by atoms with van der Waals surface area (Å²) in [6, 6.07) is 5.46. The van der Waals surface area contributed by atoms with Crippen LogP contribution in [0.3, 0.4) is 0 Å². The van der Waals surface area contributed by atoms with Gasteiger partial charge in [0.15, 0.2) is 0 Å². The number of aromatic nitrogens is 2. The molecule has 0 aromatic carbocycles. The van der Waals surface area contributed by atoms with E-state index >= 15 is 0 Å². The highest BCUT2D eigenvalue weighted by Crippen LogP contribution is 2.26. The molecule has 1 aliphatic heterocycles. The molecule has 3 heterocycles. The topological polar surface area (TPSA) is 59.2 Å². The van der Waals surface area contributed by atoms with E-state index in [0.717, 1.165) is 17.9 Å². The minimum Gasteiger partial charge on any atom is -0.361 e. The molecule has 0 fully saturated rings. The molecule has 2 aromatic heterocycles. The summed E-state index contributed by atoms with van der Waals surface area (Å²) in [6.07, 6.45) is 4.43. The standard InChI is InChI=1S/C16H16ClN3O2S/c1-11-8-13(19-22-11)10-23-15-14(5-2-6-18-15)16(21)20-7-3-4-12(17)9-20/h2,4-6,8H,3,7,9-10H2,1H3. The first-order valence-electron chi connectivity index (χ1n) is 7.27. The van der Waals surface area contributed by atoms with Crippen LogP contribution >= 0.6 is 23.4 Å². The second-order valence-corrected chi connectivity index (χ2v) is 6.69. The maximum absolute atomic E-state index is 12.7. The van der Waals surface area contributed by atoms with Gasteiger partial charge in [-0.1, -0.05) is 34.6 Å². The molecule has 0 saturated heterocycles. The zero-order chi connectivity index (χ0) is 16.2. The van der Waals surface area contributed by atoms with Crippen LogP contribution in [0.5, 0.6) is 0 Å². The minimum atomic E-state index is -0.0387. The number of halogens is 1. The van der Waals surface area contributed by atoms with Gasteiger partial charge < -0.3 is 9.42 Å². The summed E-state index contributed by atoms with van der Waals surface area (Å²) in [5.41, 5.74) is 1.43. The first-order chi connectivity index (χ1) is 11.1. The molecule has 7 heteroatoms. The van der Waals surface area contributed by atoms with Crippen molar-refractivity contribution in [3.8, 4) is 0 Å². The lowest BCUT2D eigenvalue weighted by molar-refractivity contribution is 0.0765. The molecule has 0 bridgehead atoms. The lowest BCUT2D eigenvalue weighted by Crippen LogP contribution is -2.35. The molecule has 0 saturated carbocycles. The van der Waals surface area contributed by atoms with Gasteiger partial charge in [-0.3, -0.25) is 4.79 Å². The van der Waals surface area contributed by atoms with Crippen LogP contribution in [0.1, 0.15) is 28.2 Å². The molecule has 120 valence electrons. The molecule has 3 rings (SSSR count). The molecule has 2 aromatic rings. The molecule has 1 amide bonds. The van der Waals surface area contributed by atoms with E-state index in [1.165, 1.54) is 11.8 Å². The number of aryl methyl sites for hydroxylation is 1. The van der Waals surface area contributed by atoms with Gasteiger partial charge in [0.05, 0.1) is 17.8 Å². The molecule has 0 spiro atoms. The number of nitrogens with zero attached hydrogens (tertiary/aromatic N) is 3. The molecule has 0 N–H and O–H groups in total. The molecule has 0 atom stereocenters. The van der Waals surface area contributed by atoms with Crippen molar-refractivity contribution >= 4 is 29.3 Å². The van der Waals surface area contributed by atoms with Gasteiger partial charge >= 0.3 is 0 Å². The number of pyridine rings is 1. The molecule has 0 aliphatic carbocycles. The van der Waals surface area contributed by atoms with Gasteiger partial charge in [0, 0.05) is 29.6 Å². The summed E-state index contributed by atoms with van der Waals surface area (Å²) in [7, 11) is 0. The normalized spacial score (nSPS) is 14.7. The Morgan fingerprint density at radius 2 is 2.39 bits per heavy atom. The lowest BCUT2D eigenvalue weighted by Gasteiger charge is -2.25. The van der Waals surface area contributed by atoms with Crippen LogP contribution in [0.2, 0.25) is 0 Å². The number of hydrogen-bond donors (Lipinski definition) is 0. The van der Waals surface area contributed by atoms with Crippen LogP contribution in [0, 0.1) is 6.92 Å². The molecule has 5 nitrogen and oxygen atoms in total. The lowest BCUT2D eigenvalue weighted by atomic mass is 10.2. The van der Waals surface area contributed by atoms with Gasteiger partial charge in [-0.05, 0) is 25.5 Å². The Hall–Kier alpha value is -1.79. The van der Waals surface area contributed by atoms with Crippen LogP contribution < -0.4 is 0 Å². The van der Waals surface area contributed by atoms with Crippen molar-refractivity contribution in [3.63, 3.8) is 0 Å². The van der Waals surface area contributed by atoms with Crippen molar-refractivity contribution in [1.29, 1.82) is 0 Å². The predicted octanol–water partition coefficient (Wildman–Crippen LogP) is 3.64. The fraction of sp³-hybridized carbons (Fsp3) is 0.312. The Balaban J connectivity index is 1.74. The molecule has 23 heavy (non-hydrogen) atoms. The van der Waals surface area contributed by atoms with Crippen molar-refractivity contribution in [1.82, 2.24) is 15.0 Å². The van der Waals surface area contributed by atoms with Crippen molar-refractivity contribution < 1.29 is 9.32 Å². The van der Waals surface area contributed by atoms with E-state index in [1.54, 1.807) is 23.2 Å². The summed E-state index contributed by atoms with van der Waals surface area (Å²) >= 11 is 7.53. The number of thioether (sulfide) groups is 1. The predicted molar refractivity (Wildman–Crippen MR) is 89.5 cm³/mol. The Bertz CT molecular complexity index is 744. The average Bonchev–Trinajstić information content (AvgIpc) is 2.98. The second-order valence-electron chi connectivity index (χ2n) is 5.24. The summed E-state index contributed by atoms with van der Waals surface area (Å²) in [5.74, 6) is 1.34. The van der Waals surface area contributed by atoms with Crippen LogP contribution in [-0.2, 0) is 5.75 Å². The largest absolute Gasteiger partial charge is 0.361 e. The Morgan fingerprint density at radius 1 is 1.52 bits per heavy atom. The van der Waals surface area contributed by atoms with Crippen molar-refractivity contribution in [2.24, 2.45) is 0 Å². The van der Waals surface area contributed by atoms with Gasteiger partial charge in [0.2, 0.25) is 0 Å². The maximum atomic E-state index is 12.7. The van der Waals surface area contributed by atoms with Gasteiger partial charge in [0.1, 0.15) is 10.8 Å². The third-order valence-corrected chi connectivity index (χ3v) is 4.74. The van der Waals surface area contributed by atoms with E-state index in [2.05, 4.69) is 10.1 Å². The monoisotopic (exact) mass is 349 g/mol. The SMILES string of the molecule is Cc1cc(CSc2ncccc2C(=O)N2CCC=C(Cl)C2)no1. The fourth-order valence-electron chi connectivity index (χ4n) is 2.34. The summed E-state index contributed by atoms with van der Waals surface area (Å²) in [4.78, 5) is 18.8. The fourth-order valence-corrected chi connectivity index (χ4v) is 3.46. The van der Waals surface area contributed by atoms with Gasteiger partial charge in [-0.15, -0.1) is 0 Å². The van der Waals surface area contributed by atoms with Crippen LogP contribution in [0.25, 0.3) is 0 Å². The molecule has 1 aliphatic rings. The average molecular weight is 350 g/mol. The Labute approximate surface area is 143 Å². The highest BCUT2D eigenvalue weighted by atomic mass is 35.5. The molecular weight excluding hydrogens is 334 g/mol. The second kappa shape index (κ2) is 7.19. The van der Waals surface area contributed by atoms with Crippen LogP contribution in [0.15, 0.2) is 45.1 Å². The van der Waals surface area contributed by atoms with Crippen molar-refractivity contribution in [3.05, 3.63) is 52.5 Å². The van der Waals surface area contributed by atoms with Crippen LogP contribution in [0.4, 0.5) is 0 Å². The van der Waals surface area contributed by atoms with E-state index in [1.807, 2.05) is 19.1 Å². The zero-order valence-electron chi connectivity index (χ0n) is 12.7. The number of rotatable bonds is 4. The third kappa shape index (κ3) is 3.95. The van der Waals surface area contributed by atoms with E-state index in [-0.39, 0.29) is 5.91 Å². The van der Waals surface area contributed by atoms with E-state index in [0.29, 0.717) is 34.5 Å². The van der Waals surface area contributed by atoms with Gasteiger partial charge in [0.25, 0.3) is 5.91 Å². The first kappa shape index (κ1) is 16.1. The summed E-state index contributed by atoms with van der Waals surface area (Å²) < 4.78 is 5.06.